The van der Waals surface area contributed by atoms with Crippen LogP contribution in [0, 0.1) is 5.92 Å². The summed E-state index contributed by atoms with van der Waals surface area (Å²) in [4.78, 5) is 11.8. The van der Waals surface area contributed by atoms with Gasteiger partial charge in [-0.1, -0.05) is 20.3 Å². The van der Waals surface area contributed by atoms with Crippen LogP contribution in [0.4, 0.5) is 0 Å². The number of rotatable bonds is 3. The van der Waals surface area contributed by atoms with Crippen molar-refractivity contribution in [2.75, 3.05) is 0 Å². The molecule has 2 aliphatic heterocycles. The van der Waals surface area contributed by atoms with E-state index in [1.54, 1.807) is 0 Å². The van der Waals surface area contributed by atoms with Crippen LogP contribution >= 0.6 is 0 Å². The lowest BCUT2D eigenvalue weighted by Gasteiger charge is -2.18. The van der Waals surface area contributed by atoms with E-state index in [-0.39, 0.29) is 23.9 Å². The van der Waals surface area contributed by atoms with Crippen molar-refractivity contribution in [3.05, 3.63) is 23.5 Å². The maximum atomic E-state index is 11.8. The first kappa shape index (κ1) is 12.8. The Balaban J connectivity index is 1.94. The maximum Gasteiger partial charge on any atom is 0.309 e. The van der Waals surface area contributed by atoms with E-state index >= 15 is 0 Å². The van der Waals surface area contributed by atoms with Gasteiger partial charge in [0.1, 0.15) is 6.10 Å². The topological polar surface area (TPSA) is 31.2 Å². The summed E-state index contributed by atoms with van der Waals surface area (Å²) in [7, 11) is 0. The lowest BCUT2D eigenvalue weighted by Crippen LogP contribution is -2.18. The van der Waals surface area contributed by atoms with Crippen molar-refractivity contribution in [1.29, 1.82) is 0 Å². The Morgan fingerprint density at radius 2 is 2.26 bits per heavy atom. The van der Waals surface area contributed by atoms with E-state index in [4.69, 9.17) is 4.74 Å². The second kappa shape index (κ2) is 5.03. The molecule has 2 aliphatic rings. The van der Waals surface area contributed by atoms with Crippen LogP contribution in [0.15, 0.2) is 12.1 Å². The molecular weight excluding hydrogens is 238 g/mol. The molecule has 0 unspecified atom stereocenters. The van der Waals surface area contributed by atoms with Crippen molar-refractivity contribution >= 4 is 5.97 Å². The molecule has 3 rings (SSSR count). The van der Waals surface area contributed by atoms with E-state index in [0.29, 0.717) is 0 Å². The highest BCUT2D eigenvalue weighted by Crippen LogP contribution is 2.41. The van der Waals surface area contributed by atoms with Gasteiger partial charge in [0.25, 0.3) is 0 Å². The molecular formula is C16H23NO2. The standard InChI is InChI=1S/C16H23NO2/c1-3-4-6-12-8-9-13-15-11(2)16(18)19-14(15)7-5-10-17(12)13/h8-9,11,14-15H,3-7,10H2,1-2H3/t11-,14+,15+/m1/s1. The zero-order valence-corrected chi connectivity index (χ0v) is 11.9. The Bertz CT molecular complexity index is 477. The Morgan fingerprint density at radius 1 is 1.42 bits per heavy atom. The predicted octanol–water partition coefficient (Wildman–Crippen LogP) is 3.27. The molecule has 0 spiro atoms. The number of carbonyl (C=O) groups is 1. The Hall–Kier alpha value is -1.25. The van der Waals surface area contributed by atoms with Gasteiger partial charge in [-0.2, -0.15) is 0 Å². The summed E-state index contributed by atoms with van der Waals surface area (Å²) >= 11 is 0. The van der Waals surface area contributed by atoms with Crippen molar-refractivity contribution in [3.63, 3.8) is 0 Å². The Morgan fingerprint density at radius 3 is 3.05 bits per heavy atom. The summed E-state index contributed by atoms with van der Waals surface area (Å²) in [5.74, 6) is 0.265. The van der Waals surface area contributed by atoms with Crippen LogP contribution < -0.4 is 0 Å². The third-order valence-electron chi connectivity index (χ3n) is 4.68. The minimum atomic E-state index is -0.0141. The molecule has 104 valence electrons. The molecule has 0 amide bonds. The molecule has 0 bridgehead atoms. The number of aryl methyl sites for hydroxylation is 1. The molecule has 0 aromatic carbocycles. The van der Waals surface area contributed by atoms with Gasteiger partial charge in [-0.15, -0.1) is 0 Å². The highest BCUT2D eigenvalue weighted by atomic mass is 16.6. The van der Waals surface area contributed by atoms with E-state index in [2.05, 4.69) is 23.6 Å². The van der Waals surface area contributed by atoms with E-state index in [0.717, 1.165) is 25.8 Å². The fraction of sp³-hybridized carbons (Fsp3) is 0.688. The van der Waals surface area contributed by atoms with Crippen LogP contribution in [0.1, 0.15) is 56.8 Å². The second-order valence-electron chi connectivity index (χ2n) is 5.94. The molecule has 1 fully saturated rings. The molecule has 0 N–H and O–H groups in total. The van der Waals surface area contributed by atoms with E-state index in [1.165, 1.54) is 24.2 Å². The average molecular weight is 261 g/mol. The first-order valence-electron chi connectivity index (χ1n) is 7.61. The highest BCUT2D eigenvalue weighted by molar-refractivity contribution is 5.76. The van der Waals surface area contributed by atoms with Crippen molar-refractivity contribution in [3.8, 4) is 0 Å². The van der Waals surface area contributed by atoms with Gasteiger partial charge in [-0.25, -0.2) is 0 Å². The van der Waals surface area contributed by atoms with Crippen LogP contribution in [0.5, 0.6) is 0 Å². The van der Waals surface area contributed by atoms with Crippen LogP contribution in [0.3, 0.4) is 0 Å². The zero-order chi connectivity index (χ0) is 13.4. The minimum Gasteiger partial charge on any atom is -0.461 e. The zero-order valence-electron chi connectivity index (χ0n) is 11.9. The molecule has 0 radical (unpaired) electrons. The normalized spacial score (nSPS) is 29.6. The summed E-state index contributed by atoms with van der Waals surface area (Å²) in [6, 6.07) is 4.48. The van der Waals surface area contributed by atoms with E-state index < -0.39 is 0 Å². The summed E-state index contributed by atoms with van der Waals surface area (Å²) < 4.78 is 8.01. The van der Waals surface area contributed by atoms with Crippen molar-refractivity contribution in [2.45, 2.75) is 64.5 Å². The first-order valence-corrected chi connectivity index (χ1v) is 7.61. The van der Waals surface area contributed by atoms with Gasteiger partial charge in [0.15, 0.2) is 0 Å². The number of aromatic nitrogens is 1. The number of nitrogens with zero attached hydrogens (tertiary/aromatic N) is 1. The molecule has 3 heteroatoms. The minimum absolute atomic E-state index is 0.00998. The summed E-state index contributed by atoms with van der Waals surface area (Å²) in [5.41, 5.74) is 2.76. The molecule has 1 aromatic rings. The summed E-state index contributed by atoms with van der Waals surface area (Å²) in [6.45, 7) is 5.33. The number of fused-ring (bicyclic) bond motifs is 3. The van der Waals surface area contributed by atoms with E-state index in [1.807, 2.05) is 6.92 Å². The van der Waals surface area contributed by atoms with Gasteiger partial charge in [0, 0.05) is 23.9 Å². The molecule has 3 atom stereocenters. The van der Waals surface area contributed by atoms with Gasteiger partial charge in [0.05, 0.1) is 5.92 Å². The summed E-state index contributed by atoms with van der Waals surface area (Å²) in [5, 5.41) is 0. The lowest BCUT2D eigenvalue weighted by molar-refractivity contribution is -0.144. The number of carbonyl (C=O) groups excluding carboxylic acids is 1. The quantitative estimate of drug-likeness (QED) is 0.782. The largest absolute Gasteiger partial charge is 0.461 e. The SMILES string of the molecule is CCCCc1ccc2n1CCC[C@@H]1OC(=O)[C@H](C)[C@@H]21. The van der Waals surface area contributed by atoms with Gasteiger partial charge < -0.3 is 9.30 Å². The van der Waals surface area contributed by atoms with Crippen molar-refractivity contribution in [2.24, 2.45) is 5.92 Å². The third kappa shape index (κ3) is 2.09. The lowest BCUT2D eigenvalue weighted by atomic mass is 9.88. The van der Waals surface area contributed by atoms with Gasteiger partial charge in [-0.3, -0.25) is 4.79 Å². The molecule has 19 heavy (non-hydrogen) atoms. The number of esters is 1. The number of hydrogen-bond acceptors (Lipinski definition) is 2. The molecule has 3 heterocycles. The smallest absolute Gasteiger partial charge is 0.309 e. The molecule has 1 aromatic heterocycles. The van der Waals surface area contributed by atoms with Crippen molar-refractivity contribution in [1.82, 2.24) is 4.57 Å². The van der Waals surface area contributed by atoms with E-state index in [9.17, 15) is 4.79 Å². The summed E-state index contributed by atoms with van der Waals surface area (Å²) in [6.07, 6.45) is 5.85. The first-order chi connectivity index (χ1) is 9.22. The Labute approximate surface area is 114 Å². The fourth-order valence-corrected chi connectivity index (χ4v) is 3.60. The highest BCUT2D eigenvalue weighted by Gasteiger charge is 2.44. The molecule has 0 saturated carbocycles. The average Bonchev–Trinajstić information content (AvgIpc) is 2.84. The van der Waals surface area contributed by atoms with Crippen LogP contribution in [0.2, 0.25) is 0 Å². The fourth-order valence-electron chi connectivity index (χ4n) is 3.60. The monoisotopic (exact) mass is 261 g/mol. The van der Waals surface area contributed by atoms with Crippen LogP contribution in [0.25, 0.3) is 0 Å². The number of unbranched alkanes of at least 4 members (excludes halogenated alkanes) is 1. The van der Waals surface area contributed by atoms with Crippen LogP contribution in [-0.4, -0.2) is 16.6 Å². The van der Waals surface area contributed by atoms with Gasteiger partial charge in [-0.05, 0) is 37.8 Å². The molecule has 0 aliphatic carbocycles. The van der Waals surface area contributed by atoms with Gasteiger partial charge >= 0.3 is 5.97 Å². The predicted molar refractivity (Wildman–Crippen MR) is 74.1 cm³/mol. The van der Waals surface area contributed by atoms with Crippen LogP contribution in [-0.2, 0) is 22.5 Å². The maximum absolute atomic E-state index is 11.8. The molecule has 1 saturated heterocycles. The Kier molecular flexibility index (Phi) is 3.38. The number of hydrogen-bond donors (Lipinski definition) is 0. The third-order valence-corrected chi connectivity index (χ3v) is 4.68. The molecule has 3 nitrogen and oxygen atoms in total. The van der Waals surface area contributed by atoms with Crippen molar-refractivity contribution < 1.29 is 9.53 Å². The van der Waals surface area contributed by atoms with Gasteiger partial charge in [0.2, 0.25) is 0 Å². The second-order valence-corrected chi connectivity index (χ2v) is 5.94. The number of ether oxygens (including phenoxy) is 1.